The Morgan fingerprint density at radius 3 is 1.74 bits per heavy atom. The fraction of sp³-hybridized carbons (Fsp3) is 0.0462. The second-order valence-electron chi connectivity index (χ2n) is 19.9. The molecule has 0 spiro atoms. The average molecular weight is 894 g/mol. The molecule has 0 N–H and O–H groups in total. The van der Waals surface area contributed by atoms with Crippen LogP contribution in [0, 0.1) is 0 Å². The highest BCUT2D eigenvalue weighted by Gasteiger charge is 2.37. The van der Waals surface area contributed by atoms with Crippen molar-refractivity contribution in [2.75, 3.05) is 0 Å². The van der Waals surface area contributed by atoms with Gasteiger partial charge in [-0.15, -0.1) is 0 Å². The minimum absolute atomic E-state index is 0.00620. The van der Waals surface area contributed by atoms with E-state index in [1.165, 1.54) is 27.6 Å². The quantitative estimate of drug-likeness (QED) is 0.166. The van der Waals surface area contributed by atoms with Gasteiger partial charge in [0.15, 0.2) is 0 Å². The maximum Gasteiger partial charge on any atom is 0.263 e. The van der Waals surface area contributed by atoms with Gasteiger partial charge in [-0.25, -0.2) is 0 Å². The number of benzene rings is 10. The minimum atomic E-state index is -0.178. The lowest BCUT2D eigenvalue weighted by Gasteiger charge is -2.21. The number of para-hydroxylation sites is 3. The van der Waals surface area contributed by atoms with Crippen LogP contribution in [0.1, 0.15) is 25.0 Å². The molecule has 0 fully saturated rings. The largest absolute Gasteiger partial charge is 0.309 e. The molecule has 326 valence electrons. The van der Waals surface area contributed by atoms with E-state index in [2.05, 4.69) is 188 Å². The van der Waals surface area contributed by atoms with E-state index >= 15 is 4.79 Å². The van der Waals surface area contributed by atoms with E-state index in [-0.39, 0.29) is 16.5 Å². The van der Waals surface area contributed by atoms with Crippen molar-refractivity contribution in [3.63, 3.8) is 0 Å². The maximum atomic E-state index is 15.0. The van der Waals surface area contributed by atoms with Crippen LogP contribution < -0.4 is 11.1 Å². The van der Waals surface area contributed by atoms with Gasteiger partial charge < -0.3 is 4.57 Å². The van der Waals surface area contributed by atoms with Crippen molar-refractivity contribution in [3.8, 4) is 39.1 Å². The maximum absolute atomic E-state index is 15.0. The molecule has 5 heteroatoms. The molecular weight excluding hydrogens is 855 g/mol. The summed E-state index contributed by atoms with van der Waals surface area (Å²) in [5.74, 6) is 0. The Morgan fingerprint density at radius 2 is 0.900 bits per heavy atom. The summed E-state index contributed by atoms with van der Waals surface area (Å²) < 4.78 is 6.28. The van der Waals surface area contributed by atoms with Crippen LogP contribution in [0.5, 0.6) is 0 Å². The van der Waals surface area contributed by atoms with Crippen LogP contribution in [-0.4, -0.2) is 13.4 Å². The van der Waals surface area contributed by atoms with Gasteiger partial charge in [0.2, 0.25) is 0 Å². The summed E-state index contributed by atoms with van der Waals surface area (Å²) in [5.41, 5.74) is 16.0. The molecule has 0 saturated heterocycles. The van der Waals surface area contributed by atoms with E-state index in [0.29, 0.717) is 10.8 Å². The third kappa shape index (κ3) is 4.67. The molecule has 15 aromatic rings. The molecule has 0 atom stereocenters. The van der Waals surface area contributed by atoms with E-state index in [9.17, 15) is 4.79 Å². The predicted octanol–water partition coefficient (Wildman–Crippen LogP) is 15.4. The average Bonchev–Trinajstić information content (AvgIpc) is 4.10. The highest BCUT2D eigenvalue weighted by atomic mass is 16.1. The number of nitrogens with zero attached hydrogens (tertiary/aromatic N) is 3. The third-order valence-corrected chi connectivity index (χ3v) is 16.1. The number of aromatic nitrogens is 3. The van der Waals surface area contributed by atoms with E-state index < -0.39 is 0 Å². The Kier molecular flexibility index (Phi) is 7.12. The van der Waals surface area contributed by atoms with Gasteiger partial charge in [-0.1, -0.05) is 147 Å². The molecular formula is C65H39N3O2. The molecule has 0 bridgehead atoms. The molecule has 0 radical (unpaired) electrons. The van der Waals surface area contributed by atoms with Gasteiger partial charge in [-0.05, 0) is 116 Å². The van der Waals surface area contributed by atoms with E-state index in [4.69, 9.17) is 0 Å². The molecule has 10 aromatic carbocycles. The topological polar surface area (TPSA) is 47.9 Å². The number of rotatable bonds is 3. The van der Waals surface area contributed by atoms with Gasteiger partial charge in [0.1, 0.15) is 0 Å². The van der Waals surface area contributed by atoms with Crippen molar-refractivity contribution in [1.29, 1.82) is 0 Å². The Labute approximate surface area is 399 Å². The SMILES string of the molecule is CC1(C)c2ccccc2-c2c1ccc1c3cccc4c5cc(-c6cccc(-c7cc8c9ccccc9c(=O)n9c%10cc%11c(cc%10c(c7)c89)c7ccccc7n%11-c7ccccc7)c6)ccc5c(=O)n(c21)c43. The van der Waals surface area contributed by atoms with Gasteiger partial charge in [-0.2, -0.15) is 0 Å². The molecule has 0 unspecified atom stereocenters. The lowest BCUT2D eigenvalue weighted by Crippen LogP contribution is -2.15. The van der Waals surface area contributed by atoms with E-state index in [1.54, 1.807) is 0 Å². The molecule has 0 saturated carbocycles. The van der Waals surface area contributed by atoms with E-state index in [1.807, 2.05) is 39.1 Å². The highest BCUT2D eigenvalue weighted by molar-refractivity contribution is 6.26. The summed E-state index contributed by atoms with van der Waals surface area (Å²) in [6.07, 6.45) is 0. The van der Waals surface area contributed by atoms with Gasteiger partial charge in [0.05, 0.1) is 33.1 Å². The van der Waals surface area contributed by atoms with Crippen molar-refractivity contribution in [2.45, 2.75) is 19.3 Å². The number of hydrogen-bond donors (Lipinski definition) is 0. The van der Waals surface area contributed by atoms with Crippen LogP contribution >= 0.6 is 0 Å². The molecule has 0 aliphatic heterocycles. The molecule has 1 aliphatic rings. The standard InChI is InChI=1S/C65H39N3O2/c1-65(2)54-24-10-8-21-48(54)59-55(65)29-28-45-43-22-13-23-44-49-31-38(26-27-47(49)64(70)68(60(43)44)62(45)59)36-14-12-15-37(30-36)39-32-52-41-18-6-7-20-46(41)63(69)67-58-35-57-50(34-51(58)53(33-39)61(52)67)42-19-9-11-25-56(42)66(57)40-16-4-3-5-17-40/h3-35H,1-2H3. The lowest BCUT2D eigenvalue weighted by molar-refractivity contribution is 0.661. The van der Waals surface area contributed by atoms with Gasteiger partial charge in [0.25, 0.3) is 11.1 Å². The van der Waals surface area contributed by atoms with Crippen LogP contribution in [0.2, 0.25) is 0 Å². The van der Waals surface area contributed by atoms with Crippen molar-refractivity contribution >= 4 is 97.7 Å². The fourth-order valence-electron chi connectivity index (χ4n) is 13.0. The lowest BCUT2D eigenvalue weighted by atomic mass is 9.82. The first-order valence-corrected chi connectivity index (χ1v) is 24.1. The van der Waals surface area contributed by atoms with Crippen LogP contribution in [0.4, 0.5) is 0 Å². The predicted molar refractivity (Wildman–Crippen MR) is 291 cm³/mol. The van der Waals surface area contributed by atoms with Crippen molar-refractivity contribution in [3.05, 3.63) is 232 Å². The molecule has 70 heavy (non-hydrogen) atoms. The molecule has 5 heterocycles. The van der Waals surface area contributed by atoms with Crippen molar-refractivity contribution in [1.82, 2.24) is 13.4 Å². The van der Waals surface area contributed by atoms with Gasteiger partial charge in [0, 0.05) is 70.5 Å². The highest BCUT2D eigenvalue weighted by Crippen LogP contribution is 2.53. The van der Waals surface area contributed by atoms with Crippen LogP contribution in [0.15, 0.2) is 210 Å². The van der Waals surface area contributed by atoms with Crippen LogP contribution in [0.25, 0.3) is 137 Å². The first-order valence-electron chi connectivity index (χ1n) is 24.1. The number of pyridine rings is 2. The Hall–Kier alpha value is -9.06. The second kappa shape index (κ2) is 13.1. The summed E-state index contributed by atoms with van der Waals surface area (Å²) in [6, 6.07) is 70.9. The zero-order valence-electron chi connectivity index (χ0n) is 38.2. The Balaban J connectivity index is 0.915. The third-order valence-electron chi connectivity index (χ3n) is 16.1. The summed E-state index contributed by atoms with van der Waals surface area (Å²) in [4.78, 5) is 29.8. The normalized spacial score (nSPS) is 13.5. The molecule has 5 nitrogen and oxygen atoms in total. The monoisotopic (exact) mass is 893 g/mol. The van der Waals surface area contributed by atoms with Gasteiger partial charge >= 0.3 is 0 Å². The van der Waals surface area contributed by atoms with Crippen molar-refractivity contribution < 1.29 is 0 Å². The zero-order valence-corrected chi connectivity index (χ0v) is 38.2. The van der Waals surface area contributed by atoms with E-state index in [0.717, 1.165) is 110 Å². The van der Waals surface area contributed by atoms with Crippen LogP contribution in [0.3, 0.4) is 0 Å². The van der Waals surface area contributed by atoms with Gasteiger partial charge in [-0.3, -0.25) is 18.4 Å². The molecule has 0 amide bonds. The first kappa shape index (κ1) is 38.0. The second-order valence-corrected chi connectivity index (χ2v) is 19.9. The summed E-state index contributed by atoms with van der Waals surface area (Å²) >= 11 is 0. The molecule has 1 aliphatic carbocycles. The minimum Gasteiger partial charge on any atom is -0.309 e. The summed E-state index contributed by atoms with van der Waals surface area (Å²) in [5, 5.41) is 12.0. The molecule has 5 aromatic heterocycles. The summed E-state index contributed by atoms with van der Waals surface area (Å²) in [6.45, 7) is 4.58. The Bertz CT molecular complexity index is 4960. The van der Waals surface area contributed by atoms with Crippen molar-refractivity contribution in [2.24, 2.45) is 0 Å². The fourth-order valence-corrected chi connectivity index (χ4v) is 13.0. The summed E-state index contributed by atoms with van der Waals surface area (Å²) in [7, 11) is 0. The smallest absolute Gasteiger partial charge is 0.263 e. The first-order chi connectivity index (χ1) is 34.3. The Morgan fingerprint density at radius 1 is 0.329 bits per heavy atom. The number of hydrogen-bond acceptors (Lipinski definition) is 2. The van der Waals surface area contributed by atoms with Crippen LogP contribution in [-0.2, 0) is 5.41 Å². The number of fused-ring (bicyclic) bond motifs is 17. The molecule has 16 rings (SSSR count). The zero-order chi connectivity index (χ0) is 46.3.